The van der Waals surface area contributed by atoms with Crippen LogP contribution in [-0.2, 0) is 6.42 Å². The lowest BCUT2D eigenvalue weighted by molar-refractivity contribution is 0.0703. The zero-order valence-corrected chi connectivity index (χ0v) is 12.7. The molecule has 4 heteroatoms. The monoisotopic (exact) mass is 310 g/mol. The summed E-state index contributed by atoms with van der Waals surface area (Å²) >= 11 is 1.33. The minimum absolute atomic E-state index is 0.401. The first-order valence-electron chi connectivity index (χ1n) is 7.25. The van der Waals surface area contributed by atoms with Gasteiger partial charge < -0.3 is 9.84 Å². The second-order valence-corrected chi connectivity index (χ2v) is 6.43. The van der Waals surface area contributed by atoms with E-state index in [0.717, 1.165) is 52.0 Å². The Morgan fingerprint density at radius 2 is 2.05 bits per heavy atom. The van der Waals surface area contributed by atoms with Crippen molar-refractivity contribution < 1.29 is 14.6 Å². The van der Waals surface area contributed by atoms with Crippen molar-refractivity contribution in [2.24, 2.45) is 0 Å². The van der Waals surface area contributed by atoms with Crippen molar-refractivity contribution in [3.8, 4) is 16.9 Å². The third-order valence-corrected chi connectivity index (χ3v) is 5.15. The predicted octanol–water partition coefficient (Wildman–Crippen LogP) is 4.59. The molecule has 0 bridgehead atoms. The van der Waals surface area contributed by atoms with Gasteiger partial charge in [0.05, 0.1) is 6.61 Å². The quantitative estimate of drug-likeness (QED) is 0.753. The maximum absolute atomic E-state index is 11.6. The summed E-state index contributed by atoms with van der Waals surface area (Å²) in [4.78, 5) is 12.0. The van der Waals surface area contributed by atoms with Crippen LogP contribution in [0.2, 0.25) is 0 Å². The molecule has 2 aromatic carbocycles. The lowest BCUT2D eigenvalue weighted by Crippen LogP contribution is -2.08. The molecule has 0 saturated heterocycles. The van der Waals surface area contributed by atoms with Gasteiger partial charge in [0.15, 0.2) is 0 Å². The molecule has 0 saturated carbocycles. The average molecular weight is 310 g/mol. The first kappa shape index (κ1) is 13.3. The molecule has 1 N–H and O–H groups in total. The van der Waals surface area contributed by atoms with Gasteiger partial charge in [0.2, 0.25) is 0 Å². The average Bonchev–Trinajstić information content (AvgIpc) is 2.94. The molecular formula is C18H14O3S. The number of hydrogen-bond acceptors (Lipinski definition) is 3. The number of hydrogen-bond donors (Lipinski definition) is 1. The summed E-state index contributed by atoms with van der Waals surface area (Å²) in [5, 5.41) is 10.6. The Hall–Kier alpha value is -2.33. The minimum atomic E-state index is -0.870. The van der Waals surface area contributed by atoms with Crippen LogP contribution >= 0.6 is 11.3 Å². The normalized spacial score (nSPS) is 13.6. The summed E-state index contributed by atoms with van der Waals surface area (Å²) in [5.74, 6) is 0.0524. The molecule has 3 nitrogen and oxygen atoms in total. The highest BCUT2D eigenvalue weighted by Gasteiger charge is 2.20. The van der Waals surface area contributed by atoms with Gasteiger partial charge in [0, 0.05) is 15.6 Å². The summed E-state index contributed by atoms with van der Waals surface area (Å²) in [6, 6.07) is 13.9. The highest BCUT2D eigenvalue weighted by Crippen LogP contribution is 2.40. The van der Waals surface area contributed by atoms with Crippen molar-refractivity contribution in [1.29, 1.82) is 0 Å². The molecule has 0 amide bonds. The van der Waals surface area contributed by atoms with E-state index in [9.17, 15) is 9.90 Å². The molecule has 0 radical (unpaired) electrons. The standard InChI is InChI=1S/C18H14O3S/c19-18(20)17-16(13-5-1-2-6-15(13)22-17)12-7-8-14-11(10-12)4-3-9-21-14/h1-2,5-8,10H,3-4,9H2,(H,19,20). The van der Waals surface area contributed by atoms with Crippen LogP contribution in [0.3, 0.4) is 0 Å². The molecule has 3 aromatic rings. The fourth-order valence-electron chi connectivity index (χ4n) is 3.00. The van der Waals surface area contributed by atoms with Gasteiger partial charge in [-0.2, -0.15) is 0 Å². The van der Waals surface area contributed by atoms with E-state index in [-0.39, 0.29) is 0 Å². The SMILES string of the molecule is O=C(O)c1sc2ccccc2c1-c1ccc2c(c1)CCCO2. The van der Waals surface area contributed by atoms with Crippen LogP contribution in [0.15, 0.2) is 42.5 Å². The van der Waals surface area contributed by atoms with E-state index < -0.39 is 5.97 Å². The van der Waals surface area contributed by atoms with Gasteiger partial charge in [0.25, 0.3) is 0 Å². The molecule has 4 rings (SSSR count). The lowest BCUT2D eigenvalue weighted by Gasteiger charge is -2.18. The Bertz CT molecular complexity index is 879. The number of carboxylic acid groups (broad SMARTS) is 1. The van der Waals surface area contributed by atoms with Crippen molar-refractivity contribution >= 4 is 27.4 Å². The van der Waals surface area contributed by atoms with Crippen molar-refractivity contribution in [3.63, 3.8) is 0 Å². The number of aryl methyl sites for hydroxylation is 1. The highest BCUT2D eigenvalue weighted by atomic mass is 32.1. The number of ether oxygens (including phenoxy) is 1. The smallest absolute Gasteiger partial charge is 0.346 e. The molecule has 1 aromatic heterocycles. The number of carbonyl (C=O) groups is 1. The van der Waals surface area contributed by atoms with E-state index in [1.54, 1.807) is 0 Å². The second-order valence-electron chi connectivity index (χ2n) is 5.38. The van der Waals surface area contributed by atoms with Gasteiger partial charge in [-0.05, 0) is 42.2 Å². The zero-order valence-electron chi connectivity index (χ0n) is 11.8. The van der Waals surface area contributed by atoms with Gasteiger partial charge in [-0.1, -0.05) is 24.3 Å². The van der Waals surface area contributed by atoms with Crippen molar-refractivity contribution in [1.82, 2.24) is 0 Å². The fraction of sp³-hybridized carbons (Fsp3) is 0.167. The summed E-state index contributed by atoms with van der Waals surface area (Å²) in [5.41, 5.74) is 2.94. The van der Waals surface area contributed by atoms with E-state index in [1.807, 2.05) is 36.4 Å². The molecule has 22 heavy (non-hydrogen) atoms. The first-order chi connectivity index (χ1) is 10.7. The zero-order chi connectivity index (χ0) is 15.1. The minimum Gasteiger partial charge on any atom is -0.493 e. The second kappa shape index (κ2) is 5.14. The molecule has 0 aliphatic carbocycles. The van der Waals surface area contributed by atoms with E-state index in [1.165, 1.54) is 11.3 Å². The predicted molar refractivity (Wildman–Crippen MR) is 88.0 cm³/mol. The Morgan fingerprint density at radius 3 is 2.91 bits per heavy atom. The van der Waals surface area contributed by atoms with Crippen LogP contribution in [-0.4, -0.2) is 17.7 Å². The van der Waals surface area contributed by atoms with Crippen molar-refractivity contribution in [2.45, 2.75) is 12.8 Å². The van der Waals surface area contributed by atoms with Gasteiger partial charge >= 0.3 is 5.97 Å². The maximum Gasteiger partial charge on any atom is 0.346 e. The van der Waals surface area contributed by atoms with Crippen molar-refractivity contribution in [2.75, 3.05) is 6.61 Å². The number of fused-ring (bicyclic) bond motifs is 2. The van der Waals surface area contributed by atoms with E-state index in [4.69, 9.17) is 4.74 Å². The van der Waals surface area contributed by atoms with Crippen LogP contribution < -0.4 is 4.74 Å². The van der Waals surface area contributed by atoms with Crippen molar-refractivity contribution in [3.05, 3.63) is 52.9 Å². The molecule has 110 valence electrons. The van der Waals surface area contributed by atoms with E-state index in [0.29, 0.717) is 4.88 Å². The van der Waals surface area contributed by atoms with E-state index >= 15 is 0 Å². The van der Waals surface area contributed by atoms with Crippen LogP contribution in [0.1, 0.15) is 21.7 Å². The summed E-state index contributed by atoms with van der Waals surface area (Å²) in [7, 11) is 0. The van der Waals surface area contributed by atoms with Gasteiger partial charge in [-0.25, -0.2) is 4.79 Å². The van der Waals surface area contributed by atoms with Crippen LogP contribution in [0.5, 0.6) is 5.75 Å². The fourth-order valence-corrected chi connectivity index (χ4v) is 4.06. The molecule has 0 spiro atoms. The number of rotatable bonds is 2. The van der Waals surface area contributed by atoms with Gasteiger partial charge in [-0.15, -0.1) is 11.3 Å². The summed E-state index contributed by atoms with van der Waals surface area (Å²) < 4.78 is 6.65. The maximum atomic E-state index is 11.6. The van der Waals surface area contributed by atoms with Crippen LogP contribution in [0.25, 0.3) is 21.2 Å². The van der Waals surface area contributed by atoms with Gasteiger partial charge in [0.1, 0.15) is 10.6 Å². The largest absolute Gasteiger partial charge is 0.493 e. The molecule has 1 aliphatic rings. The van der Waals surface area contributed by atoms with Crippen LogP contribution in [0.4, 0.5) is 0 Å². The highest BCUT2D eigenvalue weighted by molar-refractivity contribution is 7.21. The molecule has 0 atom stereocenters. The Balaban J connectivity index is 1.97. The Kier molecular flexibility index (Phi) is 3.12. The number of benzene rings is 2. The lowest BCUT2D eigenvalue weighted by atomic mass is 9.97. The molecule has 2 heterocycles. The molecule has 0 unspecified atom stereocenters. The third-order valence-electron chi connectivity index (χ3n) is 3.99. The topological polar surface area (TPSA) is 46.5 Å². The number of thiophene rings is 1. The molecular weight excluding hydrogens is 296 g/mol. The van der Waals surface area contributed by atoms with Crippen LogP contribution in [0, 0.1) is 0 Å². The molecule has 1 aliphatic heterocycles. The van der Waals surface area contributed by atoms with E-state index in [2.05, 4.69) is 6.07 Å². The third kappa shape index (κ3) is 2.07. The van der Waals surface area contributed by atoms with Gasteiger partial charge in [-0.3, -0.25) is 0 Å². The molecule has 0 fully saturated rings. The number of aromatic carboxylic acids is 1. The summed E-state index contributed by atoms with van der Waals surface area (Å²) in [6.07, 6.45) is 1.99. The Morgan fingerprint density at radius 1 is 1.18 bits per heavy atom. The Labute approximate surface area is 131 Å². The summed E-state index contributed by atoms with van der Waals surface area (Å²) in [6.45, 7) is 0.758. The number of carboxylic acids is 1. The first-order valence-corrected chi connectivity index (χ1v) is 8.06.